The summed E-state index contributed by atoms with van der Waals surface area (Å²) in [5, 5.41) is 0. The fourth-order valence-electron chi connectivity index (χ4n) is 3.31. The topological polar surface area (TPSA) is 44.8 Å². The molecule has 4 nitrogen and oxygen atoms in total. The molecule has 1 aliphatic heterocycles. The van der Waals surface area contributed by atoms with Crippen LogP contribution in [-0.2, 0) is 16.0 Å². The standard InChI is InChI=1S/C15H18O4/c1-8-10-6-14(18-3)13(17-2)5-9(10)4-11-12(8)7-19-15(11)16/h5-6,8,11-12H,4,7H2,1-3H3/t8-,11-,12+/m0/s1. The van der Waals surface area contributed by atoms with E-state index in [2.05, 4.69) is 6.92 Å². The second-order valence-corrected chi connectivity index (χ2v) is 5.30. The number of methoxy groups -OCH3 is 2. The Morgan fingerprint density at radius 1 is 1.21 bits per heavy atom. The first-order valence-corrected chi connectivity index (χ1v) is 6.57. The van der Waals surface area contributed by atoms with E-state index in [1.54, 1.807) is 14.2 Å². The van der Waals surface area contributed by atoms with Crippen molar-refractivity contribution in [1.29, 1.82) is 0 Å². The number of hydrogen-bond donors (Lipinski definition) is 0. The number of hydrogen-bond acceptors (Lipinski definition) is 4. The molecule has 2 aliphatic rings. The van der Waals surface area contributed by atoms with Gasteiger partial charge in [-0.15, -0.1) is 0 Å². The van der Waals surface area contributed by atoms with Gasteiger partial charge in [0.05, 0.1) is 26.7 Å². The largest absolute Gasteiger partial charge is 0.493 e. The summed E-state index contributed by atoms with van der Waals surface area (Å²) >= 11 is 0. The average Bonchev–Trinajstić information content (AvgIpc) is 2.79. The third kappa shape index (κ3) is 1.78. The van der Waals surface area contributed by atoms with Crippen molar-refractivity contribution in [1.82, 2.24) is 0 Å². The minimum absolute atomic E-state index is 0.000557. The molecule has 0 bridgehead atoms. The SMILES string of the molecule is COc1cc2c(cc1OC)[C@H](C)[C@H]1COC(=O)[C@H]1C2. The van der Waals surface area contributed by atoms with Crippen LogP contribution in [0.3, 0.4) is 0 Å². The number of cyclic esters (lactones) is 1. The Bertz CT molecular complexity index is 523. The van der Waals surface area contributed by atoms with Gasteiger partial charge in [-0.2, -0.15) is 0 Å². The minimum atomic E-state index is -0.0581. The van der Waals surface area contributed by atoms with Crippen LogP contribution in [0.5, 0.6) is 11.5 Å². The molecule has 0 aromatic heterocycles. The lowest BCUT2D eigenvalue weighted by molar-refractivity contribution is -0.141. The molecular formula is C15H18O4. The van der Waals surface area contributed by atoms with E-state index >= 15 is 0 Å². The van der Waals surface area contributed by atoms with Gasteiger partial charge in [-0.25, -0.2) is 0 Å². The minimum Gasteiger partial charge on any atom is -0.493 e. The number of ether oxygens (including phenoxy) is 3. The van der Waals surface area contributed by atoms with Crippen molar-refractivity contribution in [3.63, 3.8) is 0 Å². The van der Waals surface area contributed by atoms with Gasteiger partial charge >= 0.3 is 5.97 Å². The fraction of sp³-hybridized carbons (Fsp3) is 0.533. The molecule has 1 aliphatic carbocycles. The van der Waals surface area contributed by atoms with Crippen LogP contribution in [-0.4, -0.2) is 26.8 Å². The van der Waals surface area contributed by atoms with Crippen LogP contribution < -0.4 is 9.47 Å². The summed E-state index contributed by atoms with van der Waals surface area (Å²) < 4.78 is 15.9. The number of benzene rings is 1. The van der Waals surface area contributed by atoms with Crippen LogP contribution in [0.4, 0.5) is 0 Å². The van der Waals surface area contributed by atoms with Crippen molar-refractivity contribution in [2.24, 2.45) is 11.8 Å². The maximum Gasteiger partial charge on any atom is 0.309 e. The van der Waals surface area contributed by atoms with Gasteiger partial charge in [0.1, 0.15) is 0 Å². The lowest BCUT2D eigenvalue weighted by Gasteiger charge is -2.31. The highest BCUT2D eigenvalue weighted by Crippen LogP contribution is 2.46. The molecule has 0 radical (unpaired) electrons. The smallest absolute Gasteiger partial charge is 0.309 e. The molecule has 4 heteroatoms. The average molecular weight is 262 g/mol. The lowest BCUT2D eigenvalue weighted by atomic mass is 9.71. The predicted molar refractivity (Wildman–Crippen MR) is 69.6 cm³/mol. The van der Waals surface area contributed by atoms with Gasteiger partial charge in [0.25, 0.3) is 0 Å². The Morgan fingerprint density at radius 3 is 2.58 bits per heavy atom. The van der Waals surface area contributed by atoms with Gasteiger partial charge in [-0.1, -0.05) is 6.92 Å². The fourth-order valence-corrected chi connectivity index (χ4v) is 3.31. The highest BCUT2D eigenvalue weighted by atomic mass is 16.5. The molecular weight excluding hydrogens is 244 g/mol. The van der Waals surface area contributed by atoms with Crippen molar-refractivity contribution in [3.8, 4) is 11.5 Å². The van der Waals surface area contributed by atoms with E-state index in [0.29, 0.717) is 12.5 Å². The normalized spacial score (nSPS) is 28.4. The molecule has 0 N–H and O–H groups in total. The van der Waals surface area contributed by atoms with E-state index < -0.39 is 0 Å². The monoisotopic (exact) mass is 262 g/mol. The number of carbonyl (C=O) groups is 1. The predicted octanol–water partition coefficient (Wildman–Crippen LogP) is 2.15. The maximum atomic E-state index is 11.8. The van der Waals surface area contributed by atoms with Crippen LogP contribution in [0.25, 0.3) is 0 Å². The quantitative estimate of drug-likeness (QED) is 0.766. The Hall–Kier alpha value is -1.71. The Morgan fingerprint density at radius 2 is 1.89 bits per heavy atom. The Kier molecular flexibility index (Phi) is 2.88. The number of fused-ring (bicyclic) bond motifs is 2. The first-order chi connectivity index (χ1) is 9.15. The van der Waals surface area contributed by atoms with Crippen LogP contribution in [0.2, 0.25) is 0 Å². The van der Waals surface area contributed by atoms with E-state index in [0.717, 1.165) is 17.9 Å². The van der Waals surface area contributed by atoms with Crippen LogP contribution in [0.1, 0.15) is 24.0 Å². The molecule has 1 fully saturated rings. The zero-order valence-electron chi connectivity index (χ0n) is 11.4. The molecule has 0 amide bonds. The lowest BCUT2D eigenvalue weighted by Crippen LogP contribution is -2.29. The second kappa shape index (κ2) is 4.44. The summed E-state index contributed by atoms with van der Waals surface area (Å²) in [7, 11) is 3.27. The maximum absolute atomic E-state index is 11.8. The molecule has 0 spiro atoms. The van der Waals surface area contributed by atoms with Gasteiger partial charge in [0.15, 0.2) is 11.5 Å². The van der Waals surface area contributed by atoms with Crippen molar-refractivity contribution in [3.05, 3.63) is 23.3 Å². The van der Waals surface area contributed by atoms with Gasteiger partial charge in [-0.3, -0.25) is 4.79 Å². The molecule has 19 heavy (non-hydrogen) atoms. The number of rotatable bonds is 2. The molecule has 1 aromatic carbocycles. The summed E-state index contributed by atoms with van der Waals surface area (Å²) in [6.07, 6.45) is 0.740. The molecule has 1 aromatic rings. The Labute approximate surface area is 112 Å². The third-order valence-corrected chi connectivity index (χ3v) is 4.46. The first kappa shape index (κ1) is 12.3. The van der Waals surface area contributed by atoms with Gasteiger partial charge in [-0.05, 0) is 35.6 Å². The van der Waals surface area contributed by atoms with E-state index in [9.17, 15) is 4.79 Å². The van der Waals surface area contributed by atoms with Crippen molar-refractivity contribution in [2.45, 2.75) is 19.3 Å². The number of carbonyl (C=O) groups excluding carboxylic acids is 1. The zero-order valence-corrected chi connectivity index (χ0v) is 11.4. The van der Waals surface area contributed by atoms with Crippen LogP contribution in [0.15, 0.2) is 12.1 Å². The summed E-state index contributed by atoms with van der Waals surface area (Å²) in [6, 6.07) is 4.03. The summed E-state index contributed by atoms with van der Waals surface area (Å²) in [5.74, 6) is 2.01. The van der Waals surface area contributed by atoms with Crippen molar-refractivity contribution >= 4 is 5.97 Å². The summed E-state index contributed by atoms with van der Waals surface area (Å²) in [4.78, 5) is 11.8. The van der Waals surface area contributed by atoms with E-state index in [1.165, 1.54) is 11.1 Å². The second-order valence-electron chi connectivity index (χ2n) is 5.30. The van der Waals surface area contributed by atoms with Crippen molar-refractivity contribution in [2.75, 3.05) is 20.8 Å². The van der Waals surface area contributed by atoms with E-state index in [4.69, 9.17) is 14.2 Å². The Balaban J connectivity index is 2.07. The van der Waals surface area contributed by atoms with E-state index in [-0.39, 0.29) is 17.8 Å². The summed E-state index contributed by atoms with van der Waals surface area (Å²) in [5.41, 5.74) is 2.42. The zero-order chi connectivity index (χ0) is 13.6. The molecule has 102 valence electrons. The molecule has 0 unspecified atom stereocenters. The molecule has 3 atom stereocenters. The van der Waals surface area contributed by atoms with Crippen molar-refractivity contribution < 1.29 is 19.0 Å². The first-order valence-electron chi connectivity index (χ1n) is 6.57. The van der Waals surface area contributed by atoms with Gasteiger partial charge < -0.3 is 14.2 Å². The molecule has 0 saturated carbocycles. The third-order valence-electron chi connectivity index (χ3n) is 4.46. The highest BCUT2D eigenvalue weighted by Gasteiger charge is 2.44. The molecule has 1 heterocycles. The van der Waals surface area contributed by atoms with E-state index in [1.807, 2.05) is 12.1 Å². The van der Waals surface area contributed by atoms with Crippen LogP contribution in [0, 0.1) is 11.8 Å². The van der Waals surface area contributed by atoms with Gasteiger partial charge in [0, 0.05) is 5.92 Å². The summed E-state index contributed by atoms with van der Waals surface area (Å²) in [6.45, 7) is 2.70. The molecule has 1 saturated heterocycles. The highest BCUT2D eigenvalue weighted by molar-refractivity contribution is 5.76. The number of esters is 1. The molecule has 3 rings (SSSR count). The van der Waals surface area contributed by atoms with Gasteiger partial charge in [0.2, 0.25) is 0 Å². The van der Waals surface area contributed by atoms with Crippen LogP contribution >= 0.6 is 0 Å².